The Hall–Kier alpha value is -2.22. The summed E-state index contributed by atoms with van der Waals surface area (Å²) in [6.45, 7) is 2.66. The molecule has 5 nitrogen and oxygen atoms in total. The number of carbonyl (C=O) groups is 2. The second-order valence-electron chi connectivity index (χ2n) is 3.76. The maximum absolute atomic E-state index is 12.2. The van der Waals surface area contributed by atoms with Gasteiger partial charge in [0.05, 0.1) is 18.4 Å². The number of carbonyl (C=O) groups excluding carboxylic acids is 1. The molecule has 0 bridgehead atoms. The number of rotatable bonds is 6. The van der Waals surface area contributed by atoms with Gasteiger partial charge in [0.2, 0.25) is 0 Å². The second kappa shape index (κ2) is 6.50. The van der Waals surface area contributed by atoms with E-state index in [9.17, 15) is 9.59 Å². The highest BCUT2D eigenvalue weighted by atomic mass is 16.4. The Bertz CT molecular complexity index is 470. The van der Waals surface area contributed by atoms with Crippen LogP contribution in [0.4, 0.5) is 0 Å². The molecule has 0 saturated carbocycles. The molecule has 0 fully saturated rings. The van der Waals surface area contributed by atoms with E-state index in [1.807, 2.05) is 6.92 Å². The number of terminal acetylenes is 1. The van der Waals surface area contributed by atoms with Crippen LogP contribution in [-0.4, -0.2) is 35.0 Å². The smallest absolute Gasteiger partial charge is 0.311 e. The molecule has 1 aromatic rings. The van der Waals surface area contributed by atoms with Gasteiger partial charge in [0.25, 0.3) is 5.91 Å². The molecule has 0 unspecified atom stereocenters. The van der Waals surface area contributed by atoms with Crippen LogP contribution in [0.5, 0.6) is 0 Å². The largest absolute Gasteiger partial charge is 0.481 e. The first kappa shape index (κ1) is 13.8. The van der Waals surface area contributed by atoms with E-state index < -0.39 is 5.97 Å². The molecule has 0 aliphatic heterocycles. The fourth-order valence-corrected chi connectivity index (χ4v) is 1.61. The second-order valence-corrected chi connectivity index (χ2v) is 3.76. The maximum atomic E-state index is 12.2. The monoisotopic (exact) mass is 249 g/mol. The Balaban J connectivity index is 2.91. The van der Waals surface area contributed by atoms with E-state index in [0.29, 0.717) is 6.54 Å². The summed E-state index contributed by atoms with van der Waals surface area (Å²) in [7, 11) is 0. The number of carboxylic acids is 1. The van der Waals surface area contributed by atoms with Crippen LogP contribution < -0.4 is 0 Å². The highest BCUT2D eigenvalue weighted by Crippen LogP contribution is 2.14. The third-order valence-electron chi connectivity index (χ3n) is 2.35. The molecule has 0 aliphatic rings. The summed E-state index contributed by atoms with van der Waals surface area (Å²) < 4.78 is 5.02. The number of amides is 1. The first-order chi connectivity index (χ1) is 8.60. The normalized spacial score (nSPS) is 9.78. The lowest BCUT2D eigenvalue weighted by atomic mass is 10.1. The van der Waals surface area contributed by atoms with E-state index in [1.165, 1.54) is 17.2 Å². The summed E-state index contributed by atoms with van der Waals surface area (Å²) >= 11 is 0. The van der Waals surface area contributed by atoms with Crippen molar-refractivity contribution in [3.8, 4) is 12.3 Å². The average Bonchev–Trinajstić information content (AvgIpc) is 2.75. The molecule has 1 N–H and O–H groups in total. The molecule has 1 heterocycles. The van der Waals surface area contributed by atoms with E-state index in [0.717, 1.165) is 6.42 Å². The van der Waals surface area contributed by atoms with E-state index in [2.05, 4.69) is 5.92 Å². The number of aliphatic carboxylic acids is 1. The zero-order valence-corrected chi connectivity index (χ0v) is 10.2. The predicted octanol–water partition coefficient (Wildman–Crippen LogP) is 1.39. The van der Waals surface area contributed by atoms with Crippen LogP contribution in [-0.2, 0) is 11.2 Å². The quantitative estimate of drug-likeness (QED) is 0.773. The zero-order chi connectivity index (χ0) is 13.5. The third-order valence-corrected chi connectivity index (χ3v) is 2.35. The summed E-state index contributed by atoms with van der Waals surface area (Å²) in [6.07, 6.45) is 6.98. The minimum absolute atomic E-state index is 0.158. The van der Waals surface area contributed by atoms with Crippen LogP contribution in [0.3, 0.4) is 0 Å². The van der Waals surface area contributed by atoms with Gasteiger partial charge in [-0.1, -0.05) is 12.8 Å². The number of furan rings is 1. The van der Waals surface area contributed by atoms with E-state index in [4.69, 9.17) is 15.9 Å². The number of hydrogen-bond acceptors (Lipinski definition) is 3. The molecule has 0 atom stereocenters. The Kier molecular flexibility index (Phi) is 5.00. The van der Waals surface area contributed by atoms with Crippen LogP contribution in [0, 0.1) is 12.3 Å². The summed E-state index contributed by atoms with van der Waals surface area (Å²) in [5.41, 5.74) is 0.265. The molecular weight excluding hydrogens is 234 g/mol. The molecule has 0 aromatic carbocycles. The van der Waals surface area contributed by atoms with Crippen LogP contribution in [0.25, 0.3) is 0 Å². The van der Waals surface area contributed by atoms with E-state index in [1.54, 1.807) is 0 Å². The lowest BCUT2D eigenvalue weighted by Crippen LogP contribution is -2.32. The SMILES string of the molecule is C#CCN(CCC)C(=O)c1ccoc1CC(=O)O. The average molecular weight is 249 g/mol. The molecule has 5 heteroatoms. The highest BCUT2D eigenvalue weighted by Gasteiger charge is 2.21. The van der Waals surface area contributed by atoms with Gasteiger partial charge in [-0.25, -0.2) is 0 Å². The van der Waals surface area contributed by atoms with Crippen LogP contribution in [0.15, 0.2) is 16.7 Å². The molecule has 1 rings (SSSR count). The minimum atomic E-state index is -1.04. The summed E-state index contributed by atoms with van der Waals surface area (Å²) in [5, 5.41) is 8.72. The van der Waals surface area contributed by atoms with Crippen LogP contribution in [0.1, 0.15) is 29.5 Å². The molecule has 18 heavy (non-hydrogen) atoms. The Labute approximate surface area is 105 Å². The van der Waals surface area contributed by atoms with Crippen molar-refractivity contribution in [2.75, 3.05) is 13.1 Å². The van der Waals surface area contributed by atoms with Crippen LogP contribution >= 0.6 is 0 Å². The van der Waals surface area contributed by atoms with Gasteiger partial charge in [-0.15, -0.1) is 6.42 Å². The van der Waals surface area contributed by atoms with Crippen molar-refractivity contribution in [1.82, 2.24) is 4.90 Å². The fraction of sp³-hybridized carbons (Fsp3) is 0.385. The van der Waals surface area contributed by atoms with Crippen molar-refractivity contribution in [3.63, 3.8) is 0 Å². The van der Waals surface area contributed by atoms with E-state index >= 15 is 0 Å². The predicted molar refractivity (Wildman–Crippen MR) is 65.1 cm³/mol. The van der Waals surface area contributed by atoms with E-state index in [-0.39, 0.29) is 30.2 Å². The molecule has 0 radical (unpaired) electrons. The molecule has 1 amide bonds. The van der Waals surface area contributed by atoms with Crippen molar-refractivity contribution in [2.24, 2.45) is 0 Å². The summed E-state index contributed by atoms with van der Waals surface area (Å²) in [4.78, 5) is 24.3. The van der Waals surface area contributed by atoms with Gasteiger partial charge in [-0.2, -0.15) is 0 Å². The molecule has 0 aliphatic carbocycles. The maximum Gasteiger partial charge on any atom is 0.311 e. The summed E-state index contributed by atoms with van der Waals surface area (Å²) in [5.74, 6) is 1.24. The van der Waals surface area contributed by atoms with Crippen molar-refractivity contribution < 1.29 is 19.1 Å². The Morgan fingerprint density at radius 3 is 2.83 bits per heavy atom. The molecule has 0 saturated heterocycles. The van der Waals surface area contributed by atoms with Gasteiger partial charge < -0.3 is 14.4 Å². The molecule has 1 aromatic heterocycles. The first-order valence-corrected chi connectivity index (χ1v) is 5.61. The molecule has 96 valence electrons. The van der Waals surface area contributed by atoms with Crippen molar-refractivity contribution >= 4 is 11.9 Å². The van der Waals surface area contributed by atoms with Crippen molar-refractivity contribution in [1.29, 1.82) is 0 Å². The van der Waals surface area contributed by atoms with Crippen molar-refractivity contribution in [3.05, 3.63) is 23.7 Å². The number of hydrogen-bond donors (Lipinski definition) is 1. The Morgan fingerprint density at radius 2 is 2.28 bits per heavy atom. The van der Waals surface area contributed by atoms with Gasteiger partial charge in [-0.3, -0.25) is 9.59 Å². The van der Waals surface area contributed by atoms with Gasteiger partial charge in [-0.05, 0) is 12.5 Å². The van der Waals surface area contributed by atoms with Gasteiger partial charge >= 0.3 is 5.97 Å². The fourth-order valence-electron chi connectivity index (χ4n) is 1.61. The third kappa shape index (κ3) is 3.39. The highest BCUT2D eigenvalue weighted by molar-refractivity contribution is 5.96. The molecular formula is C13H15NO4. The lowest BCUT2D eigenvalue weighted by molar-refractivity contribution is -0.136. The minimum Gasteiger partial charge on any atom is -0.481 e. The number of carboxylic acid groups (broad SMARTS) is 1. The lowest BCUT2D eigenvalue weighted by Gasteiger charge is -2.19. The van der Waals surface area contributed by atoms with Gasteiger partial charge in [0.1, 0.15) is 12.2 Å². The van der Waals surface area contributed by atoms with Crippen molar-refractivity contribution in [2.45, 2.75) is 19.8 Å². The topological polar surface area (TPSA) is 70.8 Å². The standard InChI is InChI=1S/C13H15NO4/c1-3-6-14(7-4-2)13(17)10-5-8-18-11(10)9-12(15)16/h1,5,8H,4,6-7,9H2,2H3,(H,15,16). The van der Waals surface area contributed by atoms with Gasteiger partial charge in [0, 0.05) is 6.54 Å². The van der Waals surface area contributed by atoms with Crippen LogP contribution in [0.2, 0.25) is 0 Å². The first-order valence-electron chi connectivity index (χ1n) is 5.61. The summed E-state index contributed by atoms with van der Waals surface area (Å²) in [6, 6.07) is 1.47. The molecule has 0 spiro atoms. The number of nitrogens with zero attached hydrogens (tertiary/aromatic N) is 1. The van der Waals surface area contributed by atoms with Gasteiger partial charge in [0.15, 0.2) is 0 Å². The zero-order valence-electron chi connectivity index (χ0n) is 10.2. The Morgan fingerprint density at radius 1 is 1.56 bits per heavy atom.